The molecule has 0 atom stereocenters. The van der Waals surface area contributed by atoms with Crippen LogP contribution in [0.3, 0.4) is 0 Å². The van der Waals surface area contributed by atoms with Gasteiger partial charge in [0, 0.05) is 6.54 Å². The van der Waals surface area contributed by atoms with Gasteiger partial charge in [0.05, 0.1) is 5.69 Å². The van der Waals surface area contributed by atoms with Gasteiger partial charge in [0.2, 0.25) is 0 Å². The number of hydrogen-bond acceptors (Lipinski definition) is 2. The highest BCUT2D eigenvalue weighted by Gasteiger charge is 2.15. The molecule has 0 spiro atoms. The first-order chi connectivity index (χ1) is 8.24. The molecule has 1 aromatic heterocycles. The first-order valence-electron chi connectivity index (χ1n) is 7.02. The summed E-state index contributed by atoms with van der Waals surface area (Å²) in [7, 11) is 0. The molecular weight excluding hydrogens is 212 g/mol. The fourth-order valence-electron chi connectivity index (χ4n) is 2.03. The number of unbranched alkanes of at least 4 members (excludes halogenated alkanes) is 2. The van der Waals surface area contributed by atoms with E-state index in [2.05, 4.69) is 25.9 Å². The summed E-state index contributed by atoms with van der Waals surface area (Å²) in [6.45, 7) is 7.42. The van der Waals surface area contributed by atoms with Crippen LogP contribution in [0.2, 0.25) is 0 Å². The van der Waals surface area contributed by atoms with Crippen LogP contribution >= 0.6 is 0 Å². The zero-order chi connectivity index (χ0) is 12.7. The molecule has 3 heteroatoms. The number of aromatic hydroxyl groups is 1. The molecule has 98 valence electrons. The number of hydrogen-bond donors (Lipinski definition) is 1. The molecule has 1 rings (SSSR count). The molecule has 1 N–H and O–H groups in total. The Labute approximate surface area is 105 Å². The van der Waals surface area contributed by atoms with Gasteiger partial charge in [-0.1, -0.05) is 40.0 Å². The summed E-state index contributed by atoms with van der Waals surface area (Å²) in [5.41, 5.74) is 1.93. The minimum atomic E-state index is 0.455. The van der Waals surface area contributed by atoms with E-state index < -0.39 is 0 Å². The van der Waals surface area contributed by atoms with Gasteiger partial charge < -0.3 is 5.11 Å². The van der Waals surface area contributed by atoms with Crippen molar-refractivity contribution in [3.63, 3.8) is 0 Å². The van der Waals surface area contributed by atoms with Crippen LogP contribution in [0.4, 0.5) is 0 Å². The fraction of sp³-hybridized carbons (Fsp3) is 0.786. The third kappa shape index (κ3) is 3.76. The van der Waals surface area contributed by atoms with Gasteiger partial charge in [0.1, 0.15) is 5.69 Å². The van der Waals surface area contributed by atoms with Crippen molar-refractivity contribution in [1.29, 1.82) is 0 Å². The molecule has 0 radical (unpaired) electrons. The largest absolute Gasteiger partial charge is 0.504 e. The van der Waals surface area contributed by atoms with E-state index in [1.165, 1.54) is 0 Å². The van der Waals surface area contributed by atoms with E-state index >= 15 is 0 Å². The van der Waals surface area contributed by atoms with E-state index in [0.717, 1.165) is 62.9 Å². The van der Waals surface area contributed by atoms with Gasteiger partial charge in [-0.2, -0.15) is 5.10 Å². The molecule has 0 unspecified atom stereocenters. The lowest BCUT2D eigenvalue weighted by molar-refractivity contribution is 0.454. The highest BCUT2D eigenvalue weighted by molar-refractivity contribution is 5.32. The molecule has 1 aromatic rings. The van der Waals surface area contributed by atoms with Crippen LogP contribution in [0.25, 0.3) is 0 Å². The quantitative estimate of drug-likeness (QED) is 0.750. The summed E-state index contributed by atoms with van der Waals surface area (Å²) >= 11 is 0. The molecule has 0 bridgehead atoms. The Morgan fingerprint density at radius 2 is 1.71 bits per heavy atom. The molecule has 0 aromatic carbocycles. The van der Waals surface area contributed by atoms with E-state index in [0.29, 0.717) is 5.75 Å². The Morgan fingerprint density at radius 1 is 1.00 bits per heavy atom. The maximum absolute atomic E-state index is 10.2. The van der Waals surface area contributed by atoms with Crippen LogP contribution in [-0.2, 0) is 19.4 Å². The lowest BCUT2D eigenvalue weighted by Crippen LogP contribution is -2.05. The van der Waals surface area contributed by atoms with Gasteiger partial charge in [-0.05, 0) is 25.7 Å². The highest BCUT2D eigenvalue weighted by atomic mass is 16.3. The van der Waals surface area contributed by atoms with E-state index in [1.54, 1.807) is 0 Å². The maximum atomic E-state index is 10.2. The number of nitrogens with zero attached hydrogens (tertiary/aromatic N) is 2. The third-order valence-electron chi connectivity index (χ3n) is 3.08. The maximum Gasteiger partial charge on any atom is 0.160 e. The zero-order valence-electron chi connectivity index (χ0n) is 11.5. The van der Waals surface area contributed by atoms with Gasteiger partial charge in [-0.25, -0.2) is 0 Å². The molecule has 0 fully saturated rings. The smallest absolute Gasteiger partial charge is 0.160 e. The van der Waals surface area contributed by atoms with Crippen LogP contribution < -0.4 is 0 Å². The Balaban J connectivity index is 2.86. The van der Waals surface area contributed by atoms with Crippen molar-refractivity contribution in [2.75, 3.05) is 0 Å². The monoisotopic (exact) mass is 238 g/mol. The van der Waals surface area contributed by atoms with Crippen molar-refractivity contribution >= 4 is 0 Å². The second-order valence-corrected chi connectivity index (χ2v) is 4.67. The van der Waals surface area contributed by atoms with Crippen LogP contribution in [0.5, 0.6) is 5.75 Å². The van der Waals surface area contributed by atoms with Gasteiger partial charge in [-0.15, -0.1) is 0 Å². The van der Waals surface area contributed by atoms with E-state index in [4.69, 9.17) is 0 Å². The average molecular weight is 238 g/mol. The van der Waals surface area contributed by atoms with Gasteiger partial charge in [0.15, 0.2) is 5.75 Å². The Kier molecular flexibility index (Phi) is 6.09. The molecule has 0 saturated heterocycles. The fourth-order valence-corrected chi connectivity index (χ4v) is 2.03. The van der Waals surface area contributed by atoms with E-state index in [-0.39, 0.29) is 0 Å². The van der Waals surface area contributed by atoms with E-state index in [1.807, 2.05) is 4.68 Å². The minimum Gasteiger partial charge on any atom is -0.504 e. The summed E-state index contributed by atoms with van der Waals surface area (Å²) in [6, 6.07) is 0. The van der Waals surface area contributed by atoms with Crippen LogP contribution in [0, 0.1) is 0 Å². The summed E-state index contributed by atoms with van der Waals surface area (Å²) in [5, 5.41) is 14.7. The molecule has 0 aliphatic carbocycles. The van der Waals surface area contributed by atoms with Crippen molar-refractivity contribution in [2.24, 2.45) is 0 Å². The summed E-state index contributed by atoms with van der Waals surface area (Å²) in [4.78, 5) is 0. The number of rotatable bonds is 8. The third-order valence-corrected chi connectivity index (χ3v) is 3.08. The summed E-state index contributed by atoms with van der Waals surface area (Å²) in [6.07, 6.45) is 7.43. The number of aryl methyl sites for hydroxylation is 2. The normalized spacial score (nSPS) is 11.0. The van der Waals surface area contributed by atoms with Crippen LogP contribution in [0.1, 0.15) is 64.3 Å². The van der Waals surface area contributed by atoms with Crippen molar-refractivity contribution < 1.29 is 5.11 Å². The van der Waals surface area contributed by atoms with E-state index in [9.17, 15) is 5.11 Å². The first kappa shape index (κ1) is 14.1. The molecule has 1 heterocycles. The van der Waals surface area contributed by atoms with Crippen molar-refractivity contribution in [1.82, 2.24) is 9.78 Å². The zero-order valence-corrected chi connectivity index (χ0v) is 11.5. The Morgan fingerprint density at radius 3 is 2.29 bits per heavy atom. The lowest BCUT2D eigenvalue weighted by atomic mass is 10.1. The molecular formula is C14H26N2O. The second kappa shape index (κ2) is 7.36. The molecule has 0 aliphatic heterocycles. The molecule has 3 nitrogen and oxygen atoms in total. The lowest BCUT2D eigenvalue weighted by Gasteiger charge is -2.06. The summed E-state index contributed by atoms with van der Waals surface area (Å²) < 4.78 is 2.03. The predicted octanol–water partition coefficient (Wildman–Crippen LogP) is 3.68. The second-order valence-electron chi connectivity index (χ2n) is 4.67. The molecule has 0 amide bonds. The van der Waals surface area contributed by atoms with Crippen molar-refractivity contribution in [2.45, 2.75) is 72.3 Å². The average Bonchev–Trinajstić information content (AvgIpc) is 2.62. The molecule has 17 heavy (non-hydrogen) atoms. The SMILES string of the molecule is CCCCc1c(O)c(CCC)nn1CCCC. The van der Waals surface area contributed by atoms with Gasteiger partial charge in [-0.3, -0.25) is 4.68 Å². The summed E-state index contributed by atoms with van der Waals surface area (Å²) in [5.74, 6) is 0.455. The highest BCUT2D eigenvalue weighted by Crippen LogP contribution is 2.25. The first-order valence-corrected chi connectivity index (χ1v) is 7.02. The van der Waals surface area contributed by atoms with Crippen LogP contribution in [-0.4, -0.2) is 14.9 Å². The van der Waals surface area contributed by atoms with Gasteiger partial charge >= 0.3 is 0 Å². The standard InChI is InChI=1S/C14H26N2O/c1-4-7-10-13-14(17)12(9-6-3)15-16(13)11-8-5-2/h17H,4-11H2,1-3H3. The molecule has 0 saturated carbocycles. The van der Waals surface area contributed by atoms with Crippen molar-refractivity contribution in [3.8, 4) is 5.75 Å². The van der Waals surface area contributed by atoms with Gasteiger partial charge in [0.25, 0.3) is 0 Å². The predicted molar refractivity (Wildman–Crippen MR) is 71.4 cm³/mol. The minimum absolute atomic E-state index is 0.455. The topological polar surface area (TPSA) is 38.1 Å². The van der Waals surface area contributed by atoms with Crippen molar-refractivity contribution in [3.05, 3.63) is 11.4 Å². The Hall–Kier alpha value is -0.990. The van der Waals surface area contributed by atoms with Crippen LogP contribution in [0.15, 0.2) is 0 Å². The molecule has 0 aliphatic rings. The number of aromatic nitrogens is 2. The Bertz CT molecular complexity index is 331.